The van der Waals surface area contributed by atoms with Gasteiger partial charge < -0.3 is 10.2 Å². The van der Waals surface area contributed by atoms with E-state index in [9.17, 15) is 4.79 Å². The third-order valence-corrected chi connectivity index (χ3v) is 3.29. The van der Waals surface area contributed by atoms with Gasteiger partial charge in [-0.15, -0.1) is 0 Å². The summed E-state index contributed by atoms with van der Waals surface area (Å²) >= 11 is 5.98. The molecule has 3 rings (SSSR count). The normalized spacial score (nSPS) is 22.4. The number of amides is 1. The summed E-state index contributed by atoms with van der Waals surface area (Å²) in [5, 5.41) is 3.71. The van der Waals surface area contributed by atoms with Crippen LogP contribution in [0.3, 0.4) is 0 Å². The molecule has 0 aromatic heterocycles. The Balaban J connectivity index is 2.19. The van der Waals surface area contributed by atoms with Crippen LogP contribution >= 0.6 is 11.6 Å². The van der Waals surface area contributed by atoms with Crippen molar-refractivity contribution in [3.05, 3.63) is 58.0 Å². The van der Waals surface area contributed by atoms with Crippen LogP contribution in [0.4, 0.5) is 0 Å². The Morgan fingerprint density at radius 2 is 2.18 bits per heavy atom. The number of nitrogens with one attached hydrogen (secondary N) is 1. The number of hydrogen-bond donors (Lipinski definition) is 1. The average Bonchev–Trinajstić information content (AvgIpc) is 2.75. The molecule has 1 N–H and O–H groups in total. The summed E-state index contributed by atoms with van der Waals surface area (Å²) in [6.45, 7) is 0.594. The molecule has 2 aliphatic heterocycles. The summed E-state index contributed by atoms with van der Waals surface area (Å²) in [6.07, 6.45) is 9.45. The van der Waals surface area contributed by atoms with Crippen LogP contribution in [-0.2, 0) is 4.79 Å². The molecule has 0 aromatic rings. The van der Waals surface area contributed by atoms with E-state index in [0.29, 0.717) is 11.7 Å². The van der Waals surface area contributed by atoms with E-state index in [1.165, 1.54) is 0 Å². The largest absolute Gasteiger partial charge is 0.345 e. The van der Waals surface area contributed by atoms with Gasteiger partial charge in [-0.2, -0.15) is 0 Å². The number of fused-ring (bicyclic) bond motifs is 2. The number of halogens is 1. The van der Waals surface area contributed by atoms with Gasteiger partial charge in [0.05, 0.1) is 5.70 Å². The van der Waals surface area contributed by atoms with Crippen molar-refractivity contribution in [3.8, 4) is 0 Å². The summed E-state index contributed by atoms with van der Waals surface area (Å²) in [4.78, 5) is 13.8. The molecule has 1 aliphatic carbocycles. The van der Waals surface area contributed by atoms with Crippen molar-refractivity contribution in [2.24, 2.45) is 0 Å². The van der Waals surface area contributed by atoms with Crippen molar-refractivity contribution in [3.63, 3.8) is 0 Å². The van der Waals surface area contributed by atoms with Crippen LogP contribution < -0.4 is 5.32 Å². The van der Waals surface area contributed by atoms with Gasteiger partial charge in [-0.3, -0.25) is 4.79 Å². The van der Waals surface area contributed by atoms with Gasteiger partial charge in [0, 0.05) is 24.7 Å². The van der Waals surface area contributed by atoms with Crippen LogP contribution in [0.2, 0.25) is 0 Å². The molecule has 4 heteroatoms. The van der Waals surface area contributed by atoms with Crippen LogP contribution in [0.15, 0.2) is 58.0 Å². The van der Waals surface area contributed by atoms with Gasteiger partial charge in [0.15, 0.2) is 0 Å². The molecular weight excluding hydrogens is 236 g/mol. The molecule has 0 bridgehead atoms. The minimum Gasteiger partial charge on any atom is -0.345 e. The van der Waals surface area contributed by atoms with E-state index in [1.807, 2.05) is 37.4 Å². The van der Waals surface area contributed by atoms with E-state index < -0.39 is 0 Å². The zero-order chi connectivity index (χ0) is 12.0. The van der Waals surface area contributed by atoms with Gasteiger partial charge in [0.2, 0.25) is 0 Å². The van der Waals surface area contributed by atoms with Crippen molar-refractivity contribution in [1.82, 2.24) is 10.2 Å². The number of carbonyl (C=O) groups is 1. The molecule has 0 aromatic carbocycles. The topological polar surface area (TPSA) is 32.3 Å². The monoisotopic (exact) mass is 246 g/mol. The summed E-state index contributed by atoms with van der Waals surface area (Å²) in [6, 6.07) is 0. The van der Waals surface area contributed by atoms with Gasteiger partial charge in [-0.1, -0.05) is 29.8 Å². The predicted molar refractivity (Wildman–Crippen MR) is 67.0 cm³/mol. The maximum atomic E-state index is 12.1. The van der Waals surface area contributed by atoms with Crippen LogP contribution in [0.25, 0.3) is 0 Å². The van der Waals surface area contributed by atoms with E-state index in [-0.39, 0.29) is 5.91 Å². The van der Waals surface area contributed by atoms with Crippen molar-refractivity contribution >= 4 is 17.5 Å². The Hall–Kier alpha value is -1.74. The summed E-state index contributed by atoms with van der Waals surface area (Å²) in [7, 11) is 1.81. The highest BCUT2D eigenvalue weighted by atomic mass is 35.5. The van der Waals surface area contributed by atoms with E-state index in [4.69, 9.17) is 11.6 Å². The van der Waals surface area contributed by atoms with Crippen LogP contribution in [-0.4, -0.2) is 24.4 Å². The number of likely N-dealkylation sites (N-methyl/N-ethyl adjacent to an activating group) is 1. The Bertz CT molecular complexity index is 564. The fourth-order valence-corrected chi connectivity index (χ4v) is 2.39. The first-order chi connectivity index (χ1) is 8.16. The number of hydrogen-bond acceptors (Lipinski definition) is 2. The summed E-state index contributed by atoms with van der Waals surface area (Å²) < 4.78 is 0. The van der Waals surface area contributed by atoms with E-state index in [2.05, 4.69) is 5.32 Å². The molecule has 0 unspecified atom stereocenters. The quantitative estimate of drug-likeness (QED) is 0.662. The van der Waals surface area contributed by atoms with Gasteiger partial charge in [-0.25, -0.2) is 0 Å². The third-order valence-electron chi connectivity index (χ3n) is 3.07. The molecular formula is C13H11ClN2O. The van der Waals surface area contributed by atoms with Gasteiger partial charge >= 0.3 is 0 Å². The van der Waals surface area contributed by atoms with Crippen LogP contribution in [0.1, 0.15) is 0 Å². The molecule has 1 amide bonds. The summed E-state index contributed by atoms with van der Waals surface area (Å²) in [5.41, 5.74) is 3.67. The molecule has 0 spiro atoms. The Morgan fingerprint density at radius 1 is 1.35 bits per heavy atom. The molecule has 86 valence electrons. The van der Waals surface area contributed by atoms with E-state index in [0.717, 1.165) is 22.4 Å². The third kappa shape index (κ3) is 1.54. The number of carbonyl (C=O) groups excluding carboxylic acids is 1. The van der Waals surface area contributed by atoms with Gasteiger partial charge in [0.25, 0.3) is 5.91 Å². The molecule has 0 saturated carbocycles. The lowest BCUT2D eigenvalue weighted by Crippen LogP contribution is -2.29. The highest BCUT2D eigenvalue weighted by Gasteiger charge is 2.29. The Labute approximate surface area is 104 Å². The number of rotatable bonds is 0. The molecule has 2 heterocycles. The first kappa shape index (κ1) is 10.4. The Morgan fingerprint density at radius 3 is 3.00 bits per heavy atom. The minimum absolute atomic E-state index is 0.0470. The van der Waals surface area contributed by atoms with Gasteiger partial charge in [0.1, 0.15) is 5.16 Å². The molecule has 3 aliphatic rings. The summed E-state index contributed by atoms with van der Waals surface area (Å²) in [5.74, 6) is 0.0470. The minimum atomic E-state index is 0.0470. The highest BCUT2D eigenvalue weighted by molar-refractivity contribution is 6.29. The molecule has 3 nitrogen and oxygen atoms in total. The molecule has 0 radical (unpaired) electrons. The lowest BCUT2D eigenvalue weighted by atomic mass is 10.0. The predicted octanol–water partition coefficient (Wildman–Crippen LogP) is 1.82. The molecule has 0 fully saturated rings. The molecule has 17 heavy (non-hydrogen) atoms. The van der Waals surface area contributed by atoms with Crippen molar-refractivity contribution < 1.29 is 4.79 Å². The van der Waals surface area contributed by atoms with E-state index >= 15 is 0 Å². The van der Waals surface area contributed by atoms with Gasteiger partial charge in [-0.05, 0) is 17.7 Å². The second kappa shape index (κ2) is 3.64. The fraction of sp³-hybridized carbons (Fsp3) is 0.154. The molecule has 0 saturated heterocycles. The smallest absolute Gasteiger partial charge is 0.254 e. The second-order valence-electron chi connectivity index (χ2n) is 4.22. The number of dihydropyridines is 1. The maximum Gasteiger partial charge on any atom is 0.254 e. The Kier molecular flexibility index (Phi) is 2.23. The highest BCUT2D eigenvalue weighted by Crippen LogP contribution is 2.32. The standard InChI is InChI=1S/C13H11ClN2O/c1-16-7-8-5-6-11(14)15-12(8)9-3-2-4-10(9)13(16)17/h2-6,15H,7H2,1H3. The van der Waals surface area contributed by atoms with E-state index in [1.54, 1.807) is 4.90 Å². The zero-order valence-corrected chi connectivity index (χ0v) is 10.1. The first-order valence-electron chi connectivity index (χ1n) is 5.39. The first-order valence-corrected chi connectivity index (χ1v) is 5.77. The maximum absolute atomic E-state index is 12.1. The second-order valence-corrected chi connectivity index (χ2v) is 4.63. The number of nitrogens with zero attached hydrogens (tertiary/aromatic N) is 1. The lowest BCUT2D eigenvalue weighted by Gasteiger charge is -2.19. The van der Waals surface area contributed by atoms with Crippen molar-refractivity contribution in [1.29, 1.82) is 0 Å². The zero-order valence-electron chi connectivity index (χ0n) is 9.33. The SMILES string of the molecule is CN1CC2=CC=C(Cl)NC2=C2C=CC=C2C1=O. The van der Waals surface area contributed by atoms with Crippen LogP contribution in [0.5, 0.6) is 0 Å². The fourth-order valence-electron chi connectivity index (χ4n) is 2.23. The van der Waals surface area contributed by atoms with Crippen molar-refractivity contribution in [2.75, 3.05) is 13.6 Å². The molecule has 0 atom stereocenters. The average molecular weight is 247 g/mol. The lowest BCUT2D eigenvalue weighted by molar-refractivity contribution is -0.125. The van der Waals surface area contributed by atoms with Crippen LogP contribution in [0, 0.1) is 0 Å². The number of allylic oxidation sites excluding steroid dienone is 5. The van der Waals surface area contributed by atoms with Crippen molar-refractivity contribution in [2.45, 2.75) is 0 Å².